The molecule has 6 heteroatoms. The van der Waals surface area contributed by atoms with Gasteiger partial charge in [-0.1, -0.05) is 53.7 Å². The van der Waals surface area contributed by atoms with E-state index in [9.17, 15) is 0 Å². The van der Waals surface area contributed by atoms with Gasteiger partial charge in [-0.05, 0) is 11.6 Å². The second-order valence-electron chi connectivity index (χ2n) is 6.41. The zero-order chi connectivity index (χ0) is 18.5. The third-order valence-corrected chi connectivity index (χ3v) is 4.49. The number of ether oxygens (including phenoxy) is 1. The molecular weight excluding hydrogens is 340 g/mol. The number of benzene rings is 2. The molecule has 1 aliphatic rings. The molecule has 0 bridgehead atoms. The van der Waals surface area contributed by atoms with E-state index in [1.54, 1.807) is 7.05 Å². The predicted octanol–water partition coefficient (Wildman–Crippen LogP) is 3.01. The number of para-hydroxylation sites is 1. The highest BCUT2D eigenvalue weighted by Crippen LogP contribution is 2.27. The minimum atomic E-state index is 0.109. The van der Waals surface area contributed by atoms with Crippen molar-refractivity contribution < 1.29 is 9.26 Å². The zero-order valence-electron chi connectivity index (χ0n) is 15.2. The van der Waals surface area contributed by atoms with E-state index in [0.717, 1.165) is 29.2 Å². The van der Waals surface area contributed by atoms with Crippen LogP contribution in [0.15, 0.2) is 70.2 Å². The zero-order valence-corrected chi connectivity index (χ0v) is 15.2. The first-order chi connectivity index (χ1) is 13.3. The van der Waals surface area contributed by atoms with E-state index in [4.69, 9.17) is 9.26 Å². The summed E-state index contributed by atoms with van der Waals surface area (Å²) in [4.78, 5) is 4.26. The summed E-state index contributed by atoms with van der Waals surface area (Å²) in [5.41, 5.74) is 3.08. The van der Waals surface area contributed by atoms with Crippen LogP contribution in [0.5, 0.6) is 5.75 Å². The number of hydrogen-bond acceptors (Lipinski definition) is 4. The Bertz CT molecular complexity index is 896. The first-order valence-electron chi connectivity index (χ1n) is 9.02. The van der Waals surface area contributed by atoms with E-state index in [-0.39, 0.29) is 6.10 Å². The summed E-state index contributed by atoms with van der Waals surface area (Å²) in [6, 6.07) is 20.0. The Hall–Kier alpha value is -3.28. The molecule has 0 fully saturated rings. The third-order valence-electron chi connectivity index (χ3n) is 4.49. The smallest absolute Gasteiger partial charge is 0.191 e. The highest BCUT2D eigenvalue weighted by Gasteiger charge is 2.22. The Balaban J connectivity index is 1.27. The van der Waals surface area contributed by atoms with Crippen molar-refractivity contribution in [3.63, 3.8) is 0 Å². The van der Waals surface area contributed by atoms with Crippen molar-refractivity contribution in [2.45, 2.75) is 19.1 Å². The maximum absolute atomic E-state index is 5.94. The second kappa shape index (κ2) is 7.95. The van der Waals surface area contributed by atoms with E-state index in [0.29, 0.717) is 19.0 Å². The van der Waals surface area contributed by atoms with Gasteiger partial charge in [-0.25, -0.2) is 0 Å². The molecule has 138 valence electrons. The number of hydrogen-bond donors (Lipinski definition) is 2. The van der Waals surface area contributed by atoms with Crippen molar-refractivity contribution in [1.82, 2.24) is 15.8 Å². The number of nitrogens with zero attached hydrogens (tertiary/aromatic N) is 2. The average molecular weight is 362 g/mol. The molecule has 1 aliphatic heterocycles. The Labute approximate surface area is 158 Å². The molecule has 6 nitrogen and oxygen atoms in total. The molecule has 2 N–H and O–H groups in total. The molecule has 1 unspecified atom stereocenters. The van der Waals surface area contributed by atoms with Crippen molar-refractivity contribution in [2.75, 3.05) is 13.6 Å². The van der Waals surface area contributed by atoms with E-state index < -0.39 is 0 Å². The van der Waals surface area contributed by atoms with E-state index in [1.807, 2.05) is 54.6 Å². The molecule has 0 amide bonds. The van der Waals surface area contributed by atoms with Gasteiger partial charge in [-0.3, -0.25) is 4.99 Å². The lowest BCUT2D eigenvalue weighted by Crippen LogP contribution is -2.42. The lowest BCUT2D eigenvalue weighted by atomic mass is 10.1. The van der Waals surface area contributed by atoms with E-state index in [2.05, 4.69) is 26.8 Å². The average Bonchev–Trinajstić information content (AvgIpc) is 3.35. The molecule has 1 aromatic heterocycles. The molecule has 1 atom stereocenters. The Morgan fingerprint density at radius 2 is 1.93 bits per heavy atom. The van der Waals surface area contributed by atoms with Gasteiger partial charge in [0.1, 0.15) is 17.5 Å². The van der Waals surface area contributed by atoms with Crippen LogP contribution in [0.2, 0.25) is 0 Å². The van der Waals surface area contributed by atoms with Gasteiger partial charge in [0.15, 0.2) is 11.7 Å². The fraction of sp³-hybridized carbons (Fsp3) is 0.238. The normalized spacial score (nSPS) is 15.9. The topological polar surface area (TPSA) is 71.7 Å². The molecule has 2 aromatic carbocycles. The first-order valence-corrected chi connectivity index (χ1v) is 9.02. The van der Waals surface area contributed by atoms with Crippen LogP contribution in [0.3, 0.4) is 0 Å². The number of aliphatic imine (C=N–C) groups is 1. The molecule has 0 aliphatic carbocycles. The number of rotatable bonds is 5. The molecular formula is C21H22N4O2. The van der Waals surface area contributed by atoms with Crippen molar-refractivity contribution in [2.24, 2.45) is 4.99 Å². The SMILES string of the molecule is CN=C(NCc1cc(-c2ccccc2)on1)NCC1Cc2ccccc2O1. The van der Waals surface area contributed by atoms with E-state index in [1.165, 1.54) is 5.56 Å². The highest BCUT2D eigenvalue weighted by molar-refractivity contribution is 5.79. The van der Waals surface area contributed by atoms with Crippen molar-refractivity contribution in [3.8, 4) is 17.1 Å². The summed E-state index contributed by atoms with van der Waals surface area (Å²) in [7, 11) is 1.75. The van der Waals surface area contributed by atoms with Gasteiger partial charge in [-0.2, -0.15) is 0 Å². The van der Waals surface area contributed by atoms with Crippen LogP contribution < -0.4 is 15.4 Å². The van der Waals surface area contributed by atoms with Gasteiger partial charge >= 0.3 is 0 Å². The lowest BCUT2D eigenvalue weighted by molar-refractivity contribution is 0.235. The molecule has 0 spiro atoms. The standard InChI is InChI=1S/C21H22N4O2/c1-22-21(24-14-18-11-16-9-5-6-10-19(16)26-18)23-13-17-12-20(27-25-17)15-7-3-2-4-8-15/h2-10,12,18H,11,13-14H2,1H3,(H2,22,23,24). The first kappa shape index (κ1) is 17.1. The Morgan fingerprint density at radius 1 is 1.11 bits per heavy atom. The van der Waals surface area contributed by atoms with Gasteiger partial charge in [0.25, 0.3) is 0 Å². The molecule has 27 heavy (non-hydrogen) atoms. The number of nitrogens with one attached hydrogen (secondary N) is 2. The van der Waals surface area contributed by atoms with Crippen LogP contribution in [0.1, 0.15) is 11.3 Å². The summed E-state index contributed by atoms with van der Waals surface area (Å²) >= 11 is 0. The molecule has 4 rings (SSSR count). The summed E-state index contributed by atoms with van der Waals surface area (Å²) < 4.78 is 11.4. The van der Waals surface area contributed by atoms with Crippen molar-refractivity contribution in [3.05, 3.63) is 71.9 Å². The van der Waals surface area contributed by atoms with Crippen LogP contribution in [0, 0.1) is 0 Å². The molecule has 0 saturated carbocycles. The van der Waals surface area contributed by atoms with Gasteiger partial charge in [0.2, 0.25) is 0 Å². The lowest BCUT2D eigenvalue weighted by Gasteiger charge is -2.15. The summed E-state index contributed by atoms with van der Waals surface area (Å²) in [6.45, 7) is 1.21. The maximum Gasteiger partial charge on any atom is 0.191 e. The van der Waals surface area contributed by atoms with Crippen LogP contribution in [-0.4, -0.2) is 30.8 Å². The minimum absolute atomic E-state index is 0.109. The highest BCUT2D eigenvalue weighted by atomic mass is 16.5. The molecule has 2 heterocycles. The monoisotopic (exact) mass is 362 g/mol. The predicted molar refractivity (Wildman–Crippen MR) is 105 cm³/mol. The molecule has 3 aromatic rings. The summed E-state index contributed by atoms with van der Waals surface area (Å²) in [5, 5.41) is 10.7. The Kier molecular flexibility index (Phi) is 5.05. The third kappa shape index (κ3) is 4.11. The summed E-state index contributed by atoms with van der Waals surface area (Å²) in [5.74, 6) is 2.44. The summed E-state index contributed by atoms with van der Waals surface area (Å²) in [6.07, 6.45) is 1.02. The number of aromatic nitrogens is 1. The van der Waals surface area contributed by atoms with Crippen LogP contribution >= 0.6 is 0 Å². The van der Waals surface area contributed by atoms with Crippen LogP contribution in [0.4, 0.5) is 0 Å². The Morgan fingerprint density at radius 3 is 2.74 bits per heavy atom. The fourth-order valence-electron chi connectivity index (χ4n) is 3.11. The second-order valence-corrected chi connectivity index (χ2v) is 6.41. The number of fused-ring (bicyclic) bond motifs is 1. The van der Waals surface area contributed by atoms with E-state index >= 15 is 0 Å². The largest absolute Gasteiger partial charge is 0.488 e. The molecule has 0 radical (unpaired) electrons. The number of guanidine groups is 1. The molecule has 0 saturated heterocycles. The fourth-order valence-corrected chi connectivity index (χ4v) is 3.11. The van der Waals surface area contributed by atoms with Gasteiger partial charge in [-0.15, -0.1) is 0 Å². The van der Waals surface area contributed by atoms with Gasteiger partial charge < -0.3 is 19.9 Å². The van der Waals surface area contributed by atoms with Gasteiger partial charge in [0, 0.05) is 25.1 Å². The minimum Gasteiger partial charge on any atom is -0.488 e. The maximum atomic E-state index is 5.94. The van der Waals surface area contributed by atoms with Crippen molar-refractivity contribution >= 4 is 5.96 Å². The van der Waals surface area contributed by atoms with Crippen LogP contribution in [0.25, 0.3) is 11.3 Å². The van der Waals surface area contributed by atoms with Gasteiger partial charge in [0.05, 0.1) is 13.1 Å². The van der Waals surface area contributed by atoms with Crippen molar-refractivity contribution in [1.29, 1.82) is 0 Å². The quantitative estimate of drug-likeness (QED) is 0.539. The van der Waals surface area contributed by atoms with Crippen LogP contribution in [-0.2, 0) is 13.0 Å².